The van der Waals surface area contributed by atoms with E-state index >= 15 is 0 Å². The van der Waals surface area contributed by atoms with Gasteiger partial charge in [-0.2, -0.15) is 5.10 Å². The molecule has 0 spiro atoms. The van der Waals surface area contributed by atoms with Gasteiger partial charge in [0.1, 0.15) is 5.65 Å². The number of pyridine rings is 1. The summed E-state index contributed by atoms with van der Waals surface area (Å²) in [6.45, 7) is 5.62. The van der Waals surface area contributed by atoms with Crippen LogP contribution >= 0.6 is 24.8 Å². The number of carbonyl (C=O) groups is 1. The first-order chi connectivity index (χ1) is 13.3. The van der Waals surface area contributed by atoms with Gasteiger partial charge in [0, 0.05) is 75.9 Å². The van der Waals surface area contributed by atoms with Crippen LogP contribution in [0.2, 0.25) is 0 Å². The number of rotatable bonds is 3. The van der Waals surface area contributed by atoms with Crippen molar-refractivity contribution in [2.75, 3.05) is 32.7 Å². The van der Waals surface area contributed by atoms with Crippen molar-refractivity contribution in [1.82, 2.24) is 34.7 Å². The van der Waals surface area contributed by atoms with Crippen molar-refractivity contribution in [3.8, 4) is 0 Å². The Hall–Kier alpha value is -2.13. The minimum absolute atomic E-state index is 0. The summed E-state index contributed by atoms with van der Waals surface area (Å²) < 4.78 is 2.05. The Balaban J connectivity index is 0.00000120. The Morgan fingerprint density at radius 1 is 1.14 bits per heavy atom. The molecule has 3 aromatic rings. The van der Waals surface area contributed by atoms with Crippen LogP contribution < -0.4 is 5.32 Å². The average molecular weight is 438 g/mol. The van der Waals surface area contributed by atoms with E-state index in [9.17, 15) is 4.79 Å². The number of imidazole rings is 1. The molecular weight excluding hydrogens is 413 g/mol. The summed E-state index contributed by atoms with van der Waals surface area (Å²) in [6.07, 6.45) is 5.00. The quantitative estimate of drug-likeness (QED) is 0.648. The lowest BCUT2D eigenvalue weighted by Crippen LogP contribution is -2.48. The highest BCUT2D eigenvalue weighted by molar-refractivity contribution is 5.94. The van der Waals surface area contributed by atoms with Crippen LogP contribution in [0, 0.1) is 0 Å². The molecule has 0 aromatic carbocycles. The fourth-order valence-corrected chi connectivity index (χ4v) is 3.95. The number of halogens is 2. The Morgan fingerprint density at radius 3 is 2.76 bits per heavy atom. The van der Waals surface area contributed by atoms with Crippen molar-refractivity contribution >= 4 is 36.4 Å². The van der Waals surface area contributed by atoms with E-state index in [1.165, 1.54) is 0 Å². The van der Waals surface area contributed by atoms with Crippen LogP contribution in [0.4, 0.5) is 0 Å². The molecule has 1 fully saturated rings. The van der Waals surface area contributed by atoms with Crippen LogP contribution in [-0.2, 0) is 19.5 Å². The van der Waals surface area contributed by atoms with Gasteiger partial charge in [-0.1, -0.05) is 6.07 Å². The number of nitrogens with one attached hydrogen (secondary N) is 2. The van der Waals surface area contributed by atoms with Crippen LogP contribution in [0.3, 0.4) is 0 Å². The first-order valence-corrected chi connectivity index (χ1v) is 9.49. The van der Waals surface area contributed by atoms with E-state index in [2.05, 4.69) is 31.6 Å². The highest BCUT2D eigenvalue weighted by Gasteiger charge is 2.28. The van der Waals surface area contributed by atoms with E-state index in [0.29, 0.717) is 5.69 Å². The molecule has 5 heterocycles. The number of aromatic amines is 1. The van der Waals surface area contributed by atoms with Crippen molar-refractivity contribution in [2.45, 2.75) is 19.5 Å². The fourth-order valence-electron chi connectivity index (χ4n) is 3.95. The molecule has 2 N–H and O–H groups in total. The molecule has 3 aromatic heterocycles. The summed E-state index contributed by atoms with van der Waals surface area (Å²) >= 11 is 0. The van der Waals surface area contributed by atoms with E-state index < -0.39 is 0 Å². The Kier molecular flexibility index (Phi) is 6.79. The zero-order valence-corrected chi connectivity index (χ0v) is 17.6. The zero-order chi connectivity index (χ0) is 18.2. The van der Waals surface area contributed by atoms with Crippen LogP contribution in [0.5, 0.6) is 0 Å². The van der Waals surface area contributed by atoms with Gasteiger partial charge in [-0.15, -0.1) is 24.8 Å². The molecule has 0 unspecified atom stereocenters. The van der Waals surface area contributed by atoms with Crippen molar-refractivity contribution < 1.29 is 4.79 Å². The first-order valence-electron chi connectivity index (χ1n) is 9.49. The monoisotopic (exact) mass is 437 g/mol. The van der Waals surface area contributed by atoms with Crippen molar-refractivity contribution in [1.29, 1.82) is 0 Å². The standard InChI is InChI=1S/C19H23N7O.2ClH/c27-19(18-15-11-20-5-4-16(15)22-23-18)25-9-7-24(8-10-25)12-14-13-26-6-2-1-3-17(26)21-14;;/h1-3,6,13,20H,4-5,7-12H2,(H,22,23);2*1H. The van der Waals surface area contributed by atoms with Gasteiger partial charge in [-0.05, 0) is 12.1 Å². The third-order valence-electron chi connectivity index (χ3n) is 5.47. The molecule has 29 heavy (non-hydrogen) atoms. The maximum absolute atomic E-state index is 12.9. The second kappa shape index (κ2) is 9.13. The van der Waals surface area contributed by atoms with Gasteiger partial charge in [0.05, 0.1) is 5.69 Å². The predicted octanol–water partition coefficient (Wildman–Crippen LogP) is 1.50. The highest BCUT2D eigenvalue weighted by Crippen LogP contribution is 2.18. The summed E-state index contributed by atoms with van der Waals surface area (Å²) in [5.74, 6) is 0.0450. The lowest BCUT2D eigenvalue weighted by atomic mass is 10.1. The third kappa shape index (κ3) is 4.25. The number of carbonyl (C=O) groups excluding carboxylic acids is 1. The predicted molar refractivity (Wildman–Crippen MR) is 115 cm³/mol. The summed E-state index contributed by atoms with van der Waals surface area (Å²) in [4.78, 5) is 21.8. The molecule has 2 aliphatic rings. The van der Waals surface area contributed by atoms with Gasteiger partial charge in [0.2, 0.25) is 0 Å². The molecule has 156 valence electrons. The van der Waals surface area contributed by atoms with E-state index in [4.69, 9.17) is 0 Å². The van der Waals surface area contributed by atoms with Gasteiger partial charge >= 0.3 is 0 Å². The molecule has 1 saturated heterocycles. The topological polar surface area (TPSA) is 81.6 Å². The fraction of sp³-hybridized carbons (Fsp3) is 0.421. The highest BCUT2D eigenvalue weighted by atomic mass is 35.5. The van der Waals surface area contributed by atoms with Crippen LogP contribution in [0.25, 0.3) is 5.65 Å². The maximum atomic E-state index is 12.9. The van der Waals surface area contributed by atoms with Gasteiger partial charge in [0.15, 0.2) is 5.69 Å². The van der Waals surface area contributed by atoms with Crippen molar-refractivity contribution in [3.05, 3.63) is 53.2 Å². The van der Waals surface area contributed by atoms with Gasteiger partial charge in [0.25, 0.3) is 5.91 Å². The molecule has 1 amide bonds. The lowest BCUT2D eigenvalue weighted by Gasteiger charge is -2.34. The second-order valence-electron chi connectivity index (χ2n) is 7.22. The Labute approximate surface area is 181 Å². The zero-order valence-electron chi connectivity index (χ0n) is 16.0. The Morgan fingerprint density at radius 2 is 1.97 bits per heavy atom. The summed E-state index contributed by atoms with van der Waals surface area (Å²) in [6, 6.07) is 6.02. The van der Waals surface area contributed by atoms with E-state index in [1.807, 2.05) is 33.7 Å². The van der Waals surface area contributed by atoms with Gasteiger partial charge < -0.3 is 14.6 Å². The number of amides is 1. The first kappa shape index (κ1) is 21.6. The number of hydrogen-bond acceptors (Lipinski definition) is 5. The van der Waals surface area contributed by atoms with Crippen LogP contribution in [0.15, 0.2) is 30.6 Å². The molecule has 2 aliphatic heterocycles. The number of H-pyrrole nitrogens is 1. The maximum Gasteiger partial charge on any atom is 0.274 e. The molecule has 0 saturated carbocycles. The second-order valence-corrected chi connectivity index (χ2v) is 7.22. The smallest absolute Gasteiger partial charge is 0.274 e. The average Bonchev–Trinajstić information content (AvgIpc) is 3.31. The molecule has 8 nitrogen and oxygen atoms in total. The number of nitrogens with zero attached hydrogens (tertiary/aromatic N) is 5. The normalized spacial score (nSPS) is 16.8. The van der Waals surface area contributed by atoms with Gasteiger partial charge in [-0.25, -0.2) is 4.98 Å². The lowest BCUT2D eigenvalue weighted by molar-refractivity contribution is 0.0620. The molecule has 10 heteroatoms. The largest absolute Gasteiger partial charge is 0.335 e. The minimum atomic E-state index is 0. The number of fused-ring (bicyclic) bond motifs is 2. The molecule has 0 atom stereocenters. The molecule has 0 radical (unpaired) electrons. The molecular formula is C19H25Cl2N7O. The minimum Gasteiger partial charge on any atom is -0.335 e. The van der Waals surface area contributed by atoms with E-state index in [1.54, 1.807) is 0 Å². The van der Waals surface area contributed by atoms with Crippen LogP contribution in [-0.4, -0.2) is 68.0 Å². The summed E-state index contributed by atoms with van der Waals surface area (Å²) in [5.41, 5.74) is 4.76. The van der Waals surface area contributed by atoms with Crippen molar-refractivity contribution in [2.24, 2.45) is 0 Å². The molecule has 0 aliphatic carbocycles. The van der Waals surface area contributed by atoms with Crippen LogP contribution in [0.1, 0.15) is 27.4 Å². The van der Waals surface area contributed by atoms with E-state index in [0.717, 1.165) is 74.8 Å². The Bertz CT molecular complexity index is 945. The van der Waals surface area contributed by atoms with Crippen molar-refractivity contribution in [3.63, 3.8) is 0 Å². The summed E-state index contributed by atoms with van der Waals surface area (Å²) in [5, 5.41) is 10.7. The molecule has 0 bridgehead atoms. The summed E-state index contributed by atoms with van der Waals surface area (Å²) in [7, 11) is 0. The van der Waals surface area contributed by atoms with Gasteiger partial charge in [-0.3, -0.25) is 14.8 Å². The SMILES string of the molecule is Cl.Cl.O=C(c1n[nH]c2c1CNCC2)N1CCN(Cc2cn3ccccc3n2)CC1. The number of hydrogen-bond donors (Lipinski definition) is 2. The number of aromatic nitrogens is 4. The van der Waals surface area contributed by atoms with E-state index in [-0.39, 0.29) is 30.7 Å². The number of piperazine rings is 1. The third-order valence-corrected chi connectivity index (χ3v) is 5.47. The molecule has 5 rings (SSSR count).